The first-order chi connectivity index (χ1) is 19.2. The molecule has 6 rings (SSSR count). The van der Waals surface area contributed by atoms with E-state index >= 15 is 0 Å². The molecule has 8 nitrogen and oxygen atoms in total. The summed E-state index contributed by atoms with van der Waals surface area (Å²) < 4.78 is 1.77. The Kier molecular flexibility index (Phi) is 6.99. The zero-order chi connectivity index (χ0) is 26.6. The van der Waals surface area contributed by atoms with Crippen molar-refractivity contribution in [1.82, 2.24) is 40.1 Å². The standard InChI is InChI=1S/C30H29BN8/c1-20-5-4-8-26(36-20)30-29(24-13-14-28-33-19-35-39(28)18-24)37-27(38-30)17-32-16-23-6-2-3-7-25(23)22-11-9-21(10-12-22)15-34-31/h2-14,18-19,32,34H,15-17,31H2,1H3,(H,37,38). The van der Waals surface area contributed by atoms with Crippen LogP contribution in [0.15, 0.2) is 91.4 Å². The number of fused-ring (bicyclic) bond motifs is 1. The fraction of sp³-hybridized carbons (Fsp3) is 0.133. The van der Waals surface area contributed by atoms with Gasteiger partial charge < -0.3 is 15.5 Å². The molecule has 6 aromatic rings. The smallest absolute Gasteiger partial charge is 0.182 e. The molecule has 39 heavy (non-hydrogen) atoms. The number of aromatic amines is 1. The van der Waals surface area contributed by atoms with Crippen LogP contribution >= 0.6 is 0 Å². The van der Waals surface area contributed by atoms with Crippen LogP contribution in [0.1, 0.15) is 22.6 Å². The predicted molar refractivity (Wildman–Crippen MR) is 156 cm³/mol. The molecule has 0 saturated heterocycles. The van der Waals surface area contributed by atoms with Gasteiger partial charge in [0.25, 0.3) is 0 Å². The number of nitrogens with one attached hydrogen (secondary N) is 3. The molecule has 9 heteroatoms. The van der Waals surface area contributed by atoms with Gasteiger partial charge in [0.1, 0.15) is 17.8 Å². The Morgan fingerprint density at radius 2 is 1.69 bits per heavy atom. The molecule has 0 aliphatic carbocycles. The third kappa shape index (κ3) is 5.36. The zero-order valence-electron chi connectivity index (χ0n) is 22.0. The molecule has 0 amide bonds. The molecule has 3 N–H and O–H groups in total. The van der Waals surface area contributed by atoms with Gasteiger partial charge in [-0.25, -0.2) is 14.5 Å². The fourth-order valence-corrected chi connectivity index (χ4v) is 4.82. The highest BCUT2D eigenvalue weighted by molar-refractivity contribution is 6.04. The number of hydrogen-bond donors (Lipinski definition) is 3. The summed E-state index contributed by atoms with van der Waals surface area (Å²) >= 11 is 0. The van der Waals surface area contributed by atoms with Gasteiger partial charge in [-0.1, -0.05) is 54.6 Å². The maximum atomic E-state index is 4.97. The molecule has 4 aromatic heterocycles. The number of hydrogen-bond acceptors (Lipinski definition) is 6. The SMILES string of the molecule is BNCc1ccc(-c2ccccc2CNCc2nc(-c3cccc(C)n3)c(-c3ccc4ncnn4c3)[nH]2)cc1. The molecule has 0 bridgehead atoms. The molecule has 0 aliphatic heterocycles. The first-order valence-electron chi connectivity index (χ1n) is 13.0. The highest BCUT2D eigenvalue weighted by Crippen LogP contribution is 2.30. The molecule has 0 radical (unpaired) electrons. The van der Waals surface area contributed by atoms with Crippen LogP contribution in [0.3, 0.4) is 0 Å². The topological polar surface area (TPSA) is 95.8 Å². The minimum absolute atomic E-state index is 0.583. The average molecular weight is 512 g/mol. The molecule has 0 fully saturated rings. The van der Waals surface area contributed by atoms with Crippen LogP contribution < -0.4 is 10.5 Å². The van der Waals surface area contributed by atoms with Crippen molar-refractivity contribution in [2.45, 2.75) is 26.6 Å². The lowest BCUT2D eigenvalue weighted by molar-refractivity contribution is 0.670. The van der Waals surface area contributed by atoms with Crippen molar-refractivity contribution < 1.29 is 0 Å². The first kappa shape index (κ1) is 24.7. The van der Waals surface area contributed by atoms with Crippen molar-refractivity contribution in [3.05, 3.63) is 114 Å². The van der Waals surface area contributed by atoms with Crippen molar-refractivity contribution in [3.63, 3.8) is 0 Å². The maximum Gasteiger partial charge on any atom is 0.182 e. The van der Waals surface area contributed by atoms with Crippen LogP contribution in [0.5, 0.6) is 0 Å². The number of aryl methyl sites for hydroxylation is 1. The molecule has 0 atom stereocenters. The molecule has 4 heterocycles. The Labute approximate surface area is 228 Å². The van der Waals surface area contributed by atoms with E-state index in [1.807, 2.05) is 51.4 Å². The van der Waals surface area contributed by atoms with Crippen molar-refractivity contribution in [3.8, 4) is 33.8 Å². The van der Waals surface area contributed by atoms with E-state index in [1.54, 1.807) is 10.8 Å². The van der Waals surface area contributed by atoms with Crippen molar-refractivity contribution in [1.29, 1.82) is 0 Å². The Hall–Kier alpha value is -4.60. The van der Waals surface area contributed by atoms with Gasteiger partial charge in [-0.15, -0.1) is 0 Å². The fourth-order valence-electron chi connectivity index (χ4n) is 4.82. The van der Waals surface area contributed by atoms with Gasteiger partial charge in [-0.3, -0.25) is 4.98 Å². The zero-order valence-corrected chi connectivity index (χ0v) is 22.0. The van der Waals surface area contributed by atoms with Gasteiger partial charge in [-0.2, -0.15) is 5.10 Å². The second kappa shape index (κ2) is 11.0. The quantitative estimate of drug-likeness (QED) is 0.253. The lowest BCUT2D eigenvalue weighted by atomic mass is 9.98. The summed E-state index contributed by atoms with van der Waals surface area (Å²) in [4.78, 5) is 17.5. The number of pyridine rings is 2. The van der Waals surface area contributed by atoms with E-state index in [0.717, 1.165) is 46.4 Å². The highest BCUT2D eigenvalue weighted by atomic mass is 15.3. The van der Waals surface area contributed by atoms with Gasteiger partial charge in [0.05, 0.1) is 17.9 Å². The minimum atomic E-state index is 0.583. The second-order valence-corrected chi connectivity index (χ2v) is 9.54. The number of imidazole rings is 1. The molecule has 0 aliphatic rings. The number of nitrogens with zero attached hydrogens (tertiary/aromatic N) is 5. The van der Waals surface area contributed by atoms with E-state index in [0.29, 0.717) is 13.1 Å². The summed E-state index contributed by atoms with van der Waals surface area (Å²) in [6, 6.07) is 27.3. The summed E-state index contributed by atoms with van der Waals surface area (Å²) in [6.45, 7) is 4.15. The van der Waals surface area contributed by atoms with Gasteiger partial charge in [0.15, 0.2) is 13.6 Å². The highest BCUT2D eigenvalue weighted by Gasteiger charge is 2.16. The molecular weight excluding hydrogens is 483 g/mol. The summed E-state index contributed by atoms with van der Waals surface area (Å²) in [6.07, 6.45) is 3.52. The maximum absolute atomic E-state index is 4.97. The van der Waals surface area contributed by atoms with Crippen molar-refractivity contribution in [2.75, 3.05) is 0 Å². The summed E-state index contributed by atoms with van der Waals surface area (Å²) in [5.74, 6) is 0.843. The second-order valence-electron chi connectivity index (χ2n) is 9.54. The molecule has 0 unspecified atom stereocenters. The van der Waals surface area contributed by atoms with E-state index in [-0.39, 0.29) is 0 Å². The lowest BCUT2D eigenvalue weighted by Gasteiger charge is -2.11. The minimum Gasteiger partial charge on any atom is -0.358 e. The third-order valence-corrected chi connectivity index (χ3v) is 6.72. The Morgan fingerprint density at radius 3 is 2.54 bits per heavy atom. The van der Waals surface area contributed by atoms with Gasteiger partial charge in [-0.05, 0) is 53.4 Å². The average Bonchev–Trinajstić information content (AvgIpc) is 3.61. The predicted octanol–water partition coefficient (Wildman–Crippen LogP) is 4.08. The van der Waals surface area contributed by atoms with E-state index < -0.39 is 0 Å². The molecule has 0 saturated carbocycles. The van der Waals surface area contributed by atoms with Crippen LogP contribution in [0, 0.1) is 6.92 Å². The normalized spacial score (nSPS) is 11.3. The van der Waals surface area contributed by atoms with E-state index in [1.165, 1.54) is 22.3 Å². The van der Waals surface area contributed by atoms with E-state index in [9.17, 15) is 0 Å². The summed E-state index contributed by atoms with van der Waals surface area (Å²) in [5, 5.41) is 11.1. The molecule has 2 aromatic carbocycles. The summed E-state index contributed by atoms with van der Waals surface area (Å²) in [7, 11) is 1.96. The van der Waals surface area contributed by atoms with Crippen LogP contribution in [-0.2, 0) is 19.6 Å². The van der Waals surface area contributed by atoms with Gasteiger partial charge in [0, 0.05) is 30.5 Å². The molecular formula is C30H29BN8. The third-order valence-electron chi connectivity index (χ3n) is 6.72. The van der Waals surface area contributed by atoms with Crippen molar-refractivity contribution in [2.24, 2.45) is 0 Å². The monoisotopic (exact) mass is 512 g/mol. The van der Waals surface area contributed by atoms with Crippen LogP contribution in [0.4, 0.5) is 0 Å². The van der Waals surface area contributed by atoms with Crippen LogP contribution in [0.2, 0.25) is 0 Å². The van der Waals surface area contributed by atoms with E-state index in [4.69, 9.17) is 9.97 Å². The summed E-state index contributed by atoms with van der Waals surface area (Å²) in [5.41, 5.74) is 10.2. The van der Waals surface area contributed by atoms with E-state index in [2.05, 4.69) is 74.1 Å². The van der Waals surface area contributed by atoms with Crippen molar-refractivity contribution >= 4 is 13.6 Å². The lowest BCUT2D eigenvalue weighted by Crippen LogP contribution is -2.14. The Bertz CT molecular complexity index is 1720. The molecule has 192 valence electrons. The Balaban J connectivity index is 1.25. The first-order valence-corrected chi connectivity index (χ1v) is 13.0. The number of benzene rings is 2. The van der Waals surface area contributed by atoms with Gasteiger partial charge in [0.2, 0.25) is 0 Å². The number of aromatic nitrogens is 6. The number of H-pyrrole nitrogens is 1. The Morgan fingerprint density at radius 1 is 0.846 bits per heavy atom. The molecule has 0 spiro atoms. The number of rotatable bonds is 9. The largest absolute Gasteiger partial charge is 0.358 e. The van der Waals surface area contributed by atoms with Crippen LogP contribution in [-0.4, -0.2) is 37.5 Å². The van der Waals surface area contributed by atoms with Crippen LogP contribution in [0.25, 0.3) is 39.4 Å². The van der Waals surface area contributed by atoms with Gasteiger partial charge >= 0.3 is 0 Å².